The molecule has 0 aliphatic heterocycles. The molecule has 0 atom stereocenters. The summed E-state index contributed by atoms with van der Waals surface area (Å²) in [4.78, 5) is 0. The molecule has 12 rings (SSSR count). The van der Waals surface area contributed by atoms with Gasteiger partial charge in [-0.15, -0.1) is 11.3 Å². The molecule has 0 saturated carbocycles. The predicted molar refractivity (Wildman–Crippen MR) is 233 cm³/mol. The fourth-order valence-electron chi connectivity index (χ4n) is 9.09. The van der Waals surface area contributed by atoms with E-state index in [9.17, 15) is 0 Å². The van der Waals surface area contributed by atoms with Gasteiger partial charge in [0.15, 0.2) is 5.58 Å². The Labute approximate surface area is 314 Å². The Bertz CT molecular complexity index is 3450. The van der Waals surface area contributed by atoms with Crippen molar-refractivity contribution in [3.05, 3.63) is 182 Å². The summed E-state index contributed by atoms with van der Waals surface area (Å²) >= 11 is 1.82. The van der Waals surface area contributed by atoms with Crippen LogP contribution < -0.4 is 0 Å². The van der Waals surface area contributed by atoms with Gasteiger partial charge in [0, 0.05) is 31.6 Å². The molecule has 1 nitrogen and oxygen atoms in total. The van der Waals surface area contributed by atoms with E-state index in [-0.39, 0.29) is 0 Å². The summed E-state index contributed by atoms with van der Waals surface area (Å²) < 4.78 is 9.37. The molecule has 0 unspecified atom stereocenters. The largest absolute Gasteiger partial charge is 0.454 e. The molecular formula is C52H30OS. The quantitative estimate of drug-likeness (QED) is 0.167. The Morgan fingerprint density at radius 1 is 0.315 bits per heavy atom. The normalized spacial score (nSPS) is 12.1. The Balaban J connectivity index is 1.12. The maximum Gasteiger partial charge on any atom is 0.153 e. The lowest BCUT2D eigenvalue weighted by Crippen LogP contribution is -1.92. The van der Waals surface area contributed by atoms with Crippen LogP contribution in [-0.2, 0) is 0 Å². The van der Waals surface area contributed by atoms with Crippen molar-refractivity contribution in [3.63, 3.8) is 0 Å². The van der Waals surface area contributed by atoms with E-state index in [1.807, 2.05) is 11.3 Å². The topological polar surface area (TPSA) is 13.1 Å². The van der Waals surface area contributed by atoms with Gasteiger partial charge in [-0.3, -0.25) is 0 Å². The summed E-state index contributed by atoms with van der Waals surface area (Å²) in [6, 6.07) is 66.7. The van der Waals surface area contributed by atoms with Crippen LogP contribution in [0.5, 0.6) is 0 Å². The van der Waals surface area contributed by atoms with E-state index in [0.29, 0.717) is 0 Å². The van der Waals surface area contributed by atoms with Gasteiger partial charge in [-0.1, -0.05) is 158 Å². The number of rotatable bonds is 3. The van der Waals surface area contributed by atoms with Crippen LogP contribution in [0.2, 0.25) is 0 Å². The number of hydrogen-bond acceptors (Lipinski definition) is 2. The van der Waals surface area contributed by atoms with Crippen molar-refractivity contribution >= 4 is 96.5 Å². The van der Waals surface area contributed by atoms with Crippen molar-refractivity contribution in [1.29, 1.82) is 0 Å². The van der Waals surface area contributed by atoms with Crippen molar-refractivity contribution in [2.24, 2.45) is 0 Å². The molecule has 54 heavy (non-hydrogen) atoms. The van der Waals surface area contributed by atoms with Gasteiger partial charge >= 0.3 is 0 Å². The summed E-state index contributed by atoms with van der Waals surface area (Å²) in [5, 5.41) is 14.7. The summed E-state index contributed by atoms with van der Waals surface area (Å²) in [5.74, 6) is 0. The van der Waals surface area contributed by atoms with E-state index in [1.165, 1.54) is 91.3 Å². The number of thiophene rings is 1. The first kappa shape index (κ1) is 29.8. The first-order valence-corrected chi connectivity index (χ1v) is 19.3. The van der Waals surface area contributed by atoms with Crippen LogP contribution in [0.25, 0.3) is 119 Å². The van der Waals surface area contributed by atoms with Crippen molar-refractivity contribution in [2.75, 3.05) is 0 Å². The molecule has 0 N–H and O–H groups in total. The maximum atomic E-state index is 6.87. The molecule has 0 spiro atoms. The lowest BCUT2D eigenvalue weighted by atomic mass is 9.84. The standard InChI is InChI=1S/C52H30OS/c1-2-17-34-31(13-1)14-12-25-37(34)49-40-22-6-4-20-38(40)48(39-21-5-7-23-41(39)49)33-16-11-15-32(29-33)45-30-46-43-27-28-44-36-19-9-10-26-47(36)54-52(44)51(43)53-50(46)42-24-8-3-18-35(42)45/h1-30H. The Morgan fingerprint density at radius 3 is 1.65 bits per heavy atom. The fourth-order valence-corrected chi connectivity index (χ4v) is 10.3. The Morgan fingerprint density at radius 2 is 0.870 bits per heavy atom. The van der Waals surface area contributed by atoms with Crippen LogP contribution >= 0.6 is 11.3 Å². The molecule has 0 fully saturated rings. The number of fused-ring (bicyclic) bond motifs is 12. The van der Waals surface area contributed by atoms with Crippen LogP contribution in [0.1, 0.15) is 0 Å². The predicted octanol–water partition coefficient (Wildman–Crippen LogP) is 15.6. The van der Waals surface area contributed by atoms with Crippen LogP contribution in [0.3, 0.4) is 0 Å². The average molecular weight is 703 g/mol. The SMILES string of the molecule is c1cc(-c2c3ccccc3c(-c3cccc4ccccc34)c3ccccc23)cc(-c2cc3c4ccc5c6ccccc6sc5c4oc3c3ccccc23)c1. The zero-order chi connectivity index (χ0) is 35.3. The molecule has 12 aromatic rings. The monoisotopic (exact) mass is 702 g/mol. The molecule has 2 heteroatoms. The molecule has 0 aliphatic rings. The molecule has 0 aliphatic carbocycles. The highest BCUT2D eigenvalue weighted by molar-refractivity contribution is 7.26. The molecule has 0 saturated heterocycles. The average Bonchev–Trinajstić information content (AvgIpc) is 3.81. The highest BCUT2D eigenvalue weighted by Gasteiger charge is 2.21. The molecule has 2 heterocycles. The summed E-state index contributed by atoms with van der Waals surface area (Å²) in [6.45, 7) is 0. The molecule has 250 valence electrons. The van der Waals surface area contributed by atoms with E-state index in [0.717, 1.165) is 27.3 Å². The fraction of sp³-hybridized carbons (Fsp3) is 0. The molecular weight excluding hydrogens is 673 g/mol. The highest BCUT2D eigenvalue weighted by atomic mass is 32.1. The molecule has 0 amide bonds. The number of furan rings is 1. The van der Waals surface area contributed by atoms with E-state index in [4.69, 9.17) is 4.42 Å². The first-order chi connectivity index (χ1) is 26.8. The minimum absolute atomic E-state index is 0.950. The Kier molecular flexibility index (Phi) is 6.28. The number of benzene rings is 10. The van der Waals surface area contributed by atoms with Gasteiger partial charge in [-0.25, -0.2) is 0 Å². The van der Waals surface area contributed by atoms with Gasteiger partial charge in [-0.2, -0.15) is 0 Å². The van der Waals surface area contributed by atoms with Crippen molar-refractivity contribution in [1.82, 2.24) is 0 Å². The molecule has 0 radical (unpaired) electrons. The van der Waals surface area contributed by atoms with Crippen molar-refractivity contribution < 1.29 is 4.42 Å². The minimum Gasteiger partial charge on any atom is -0.454 e. The summed E-state index contributed by atoms with van der Waals surface area (Å²) in [6.07, 6.45) is 0. The highest BCUT2D eigenvalue weighted by Crippen LogP contribution is 2.48. The van der Waals surface area contributed by atoms with E-state index >= 15 is 0 Å². The van der Waals surface area contributed by atoms with Gasteiger partial charge in [-0.05, 0) is 95.3 Å². The second kappa shape index (κ2) is 11.4. The summed E-state index contributed by atoms with van der Waals surface area (Å²) in [7, 11) is 0. The maximum absolute atomic E-state index is 6.87. The molecule has 2 aromatic heterocycles. The third-order valence-electron chi connectivity index (χ3n) is 11.4. The van der Waals surface area contributed by atoms with E-state index in [1.54, 1.807) is 0 Å². The van der Waals surface area contributed by atoms with Crippen LogP contribution in [0, 0.1) is 0 Å². The first-order valence-electron chi connectivity index (χ1n) is 18.5. The zero-order valence-corrected chi connectivity index (χ0v) is 30.0. The summed E-state index contributed by atoms with van der Waals surface area (Å²) in [5.41, 5.74) is 9.34. The second-order valence-electron chi connectivity index (χ2n) is 14.3. The van der Waals surface area contributed by atoms with Gasteiger partial charge in [0.2, 0.25) is 0 Å². The third-order valence-corrected chi connectivity index (χ3v) is 12.6. The van der Waals surface area contributed by atoms with Gasteiger partial charge in [0.1, 0.15) is 5.58 Å². The Hall–Kier alpha value is -6.74. The lowest BCUT2D eigenvalue weighted by Gasteiger charge is -2.19. The minimum atomic E-state index is 0.950. The molecule has 10 aromatic carbocycles. The smallest absolute Gasteiger partial charge is 0.153 e. The van der Waals surface area contributed by atoms with Crippen LogP contribution in [-0.4, -0.2) is 0 Å². The second-order valence-corrected chi connectivity index (χ2v) is 15.4. The van der Waals surface area contributed by atoms with Crippen molar-refractivity contribution in [2.45, 2.75) is 0 Å². The van der Waals surface area contributed by atoms with Crippen LogP contribution in [0.4, 0.5) is 0 Å². The lowest BCUT2D eigenvalue weighted by molar-refractivity contribution is 0.677. The van der Waals surface area contributed by atoms with E-state index in [2.05, 4.69) is 182 Å². The van der Waals surface area contributed by atoms with Gasteiger partial charge in [0.05, 0.1) is 4.70 Å². The molecule has 0 bridgehead atoms. The van der Waals surface area contributed by atoms with Gasteiger partial charge in [0.25, 0.3) is 0 Å². The van der Waals surface area contributed by atoms with Crippen molar-refractivity contribution in [3.8, 4) is 33.4 Å². The van der Waals surface area contributed by atoms with Gasteiger partial charge < -0.3 is 4.42 Å². The van der Waals surface area contributed by atoms with E-state index < -0.39 is 0 Å². The number of hydrogen-bond donors (Lipinski definition) is 0. The third kappa shape index (κ3) is 4.20. The zero-order valence-electron chi connectivity index (χ0n) is 29.1. The van der Waals surface area contributed by atoms with Crippen LogP contribution in [0.15, 0.2) is 186 Å².